The van der Waals surface area contributed by atoms with E-state index < -0.39 is 24.0 Å². The van der Waals surface area contributed by atoms with Crippen molar-refractivity contribution in [3.8, 4) is 22.6 Å². The molecule has 1 heterocycles. The number of methoxy groups -OCH3 is 1. The minimum atomic E-state index is -1.11. The van der Waals surface area contributed by atoms with Crippen molar-refractivity contribution in [2.45, 2.75) is 46.1 Å². The first-order valence-corrected chi connectivity index (χ1v) is 13.5. The number of carbonyl (C=O) groups excluding carboxylic acids is 2. The minimum absolute atomic E-state index is 0.147. The predicted molar refractivity (Wildman–Crippen MR) is 153 cm³/mol. The molecule has 1 unspecified atom stereocenters. The third-order valence-corrected chi connectivity index (χ3v) is 7.28. The summed E-state index contributed by atoms with van der Waals surface area (Å²) in [6.07, 6.45) is 0.846. The highest BCUT2D eigenvalue weighted by molar-refractivity contribution is 5.86. The van der Waals surface area contributed by atoms with Crippen LogP contribution in [0.1, 0.15) is 35.1 Å². The van der Waals surface area contributed by atoms with Crippen molar-refractivity contribution < 1.29 is 29.0 Å². The Morgan fingerprint density at radius 2 is 1.57 bits per heavy atom. The fourth-order valence-corrected chi connectivity index (χ4v) is 5.18. The maximum Gasteiger partial charge on any atom is 0.415 e. The second-order valence-electron chi connectivity index (χ2n) is 10.4. The summed E-state index contributed by atoms with van der Waals surface area (Å²) in [4.78, 5) is 39.6. The van der Waals surface area contributed by atoms with Crippen molar-refractivity contribution in [2.75, 3.05) is 20.2 Å². The van der Waals surface area contributed by atoms with Crippen molar-refractivity contribution in [1.82, 2.24) is 10.2 Å². The number of carbonyl (C=O) groups is 3. The smallest absolute Gasteiger partial charge is 0.415 e. The fourth-order valence-electron chi connectivity index (χ4n) is 5.18. The molecule has 8 heteroatoms. The Kier molecular flexibility index (Phi) is 9.09. The number of carboxylic acids is 1. The van der Waals surface area contributed by atoms with Crippen LogP contribution in [0.2, 0.25) is 0 Å². The molecule has 2 atom stereocenters. The standard InChI is InChI=1S/C32H36N2O6/c1-20-16-21(2)29(22(3)17-20)40-32(38)34-15-5-6-26(19-34)30(35)33-28(31(36)37)18-23-7-9-24(10-8-23)25-11-13-27(39-4)14-12-25/h7-14,16-17,26,28H,5-6,15,18-19H2,1-4H3,(H,33,35)(H,36,37)/t26?,28-/m0/s1. The van der Waals surface area contributed by atoms with Gasteiger partial charge in [-0.3, -0.25) is 4.79 Å². The average molecular weight is 545 g/mol. The molecule has 4 rings (SSSR count). The van der Waals surface area contributed by atoms with Gasteiger partial charge in [-0.1, -0.05) is 54.1 Å². The van der Waals surface area contributed by atoms with Gasteiger partial charge in [0.2, 0.25) is 5.91 Å². The van der Waals surface area contributed by atoms with Crippen LogP contribution in [0.3, 0.4) is 0 Å². The Morgan fingerprint density at radius 3 is 2.15 bits per heavy atom. The Bertz CT molecular complexity index is 1340. The summed E-state index contributed by atoms with van der Waals surface area (Å²) in [6.45, 7) is 6.44. The predicted octanol–water partition coefficient (Wildman–Crippen LogP) is 5.31. The Morgan fingerprint density at radius 1 is 0.975 bits per heavy atom. The number of nitrogens with zero attached hydrogens (tertiary/aromatic N) is 1. The third-order valence-electron chi connectivity index (χ3n) is 7.28. The second kappa shape index (κ2) is 12.7. The van der Waals surface area contributed by atoms with Crippen molar-refractivity contribution in [3.63, 3.8) is 0 Å². The molecule has 0 spiro atoms. The largest absolute Gasteiger partial charge is 0.497 e. The molecule has 210 valence electrons. The summed E-state index contributed by atoms with van der Waals surface area (Å²) in [7, 11) is 1.62. The number of aliphatic carboxylic acids is 1. The van der Waals surface area contributed by atoms with E-state index in [2.05, 4.69) is 5.32 Å². The van der Waals surface area contributed by atoms with Crippen molar-refractivity contribution in [2.24, 2.45) is 5.92 Å². The number of ether oxygens (including phenoxy) is 2. The quantitative estimate of drug-likeness (QED) is 0.398. The molecule has 1 saturated heterocycles. The van der Waals surface area contributed by atoms with E-state index in [-0.39, 0.29) is 18.9 Å². The normalized spacial score (nSPS) is 15.7. The minimum Gasteiger partial charge on any atom is -0.497 e. The molecule has 0 bridgehead atoms. The van der Waals surface area contributed by atoms with Gasteiger partial charge in [0.1, 0.15) is 17.5 Å². The molecule has 3 aromatic carbocycles. The van der Waals surface area contributed by atoms with Crippen LogP contribution in [-0.4, -0.2) is 54.2 Å². The maximum atomic E-state index is 13.1. The van der Waals surface area contributed by atoms with Crippen molar-refractivity contribution >= 4 is 18.0 Å². The molecule has 2 amide bonds. The van der Waals surface area contributed by atoms with Gasteiger partial charge in [-0.05, 0) is 73.6 Å². The second-order valence-corrected chi connectivity index (χ2v) is 10.4. The summed E-state index contributed by atoms with van der Waals surface area (Å²) >= 11 is 0. The highest BCUT2D eigenvalue weighted by atomic mass is 16.6. The molecule has 1 fully saturated rings. The van der Waals surface area contributed by atoms with E-state index in [1.54, 1.807) is 7.11 Å². The van der Waals surface area contributed by atoms with Gasteiger partial charge >= 0.3 is 12.1 Å². The zero-order chi connectivity index (χ0) is 28.8. The summed E-state index contributed by atoms with van der Waals surface area (Å²) in [6, 6.07) is 18.1. The highest BCUT2D eigenvalue weighted by Crippen LogP contribution is 2.27. The third kappa shape index (κ3) is 7.00. The lowest BCUT2D eigenvalue weighted by Gasteiger charge is -2.32. The summed E-state index contributed by atoms with van der Waals surface area (Å²) < 4.78 is 10.9. The number of rotatable bonds is 8. The number of likely N-dealkylation sites (tertiary alicyclic amines) is 1. The van der Waals surface area contributed by atoms with Crippen molar-refractivity contribution in [3.05, 3.63) is 82.9 Å². The van der Waals surface area contributed by atoms with Gasteiger partial charge in [0.25, 0.3) is 0 Å². The van der Waals surface area contributed by atoms with E-state index in [0.717, 1.165) is 39.1 Å². The number of aryl methyl sites for hydroxylation is 3. The first-order chi connectivity index (χ1) is 19.1. The molecule has 0 saturated carbocycles. The molecular formula is C32H36N2O6. The van der Waals surface area contributed by atoms with Crippen LogP contribution >= 0.6 is 0 Å². The van der Waals surface area contributed by atoms with Crippen LogP contribution in [-0.2, 0) is 16.0 Å². The Hall–Kier alpha value is -4.33. The summed E-state index contributed by atoms with van der Waals surface area (Å²) in [5, 5.41) is 12.5. The molecule has 8 nitrogen and oxygen atoms in total. The van der Waals surface area contributed by atoms with Crippen LogP contribution in [0, 0.1) is 26.7 Å². The number of piperidine rings is 1. The SMILES string of the molecule is COc1ccc(-c2ccc(C[C@H](NC(=O)C3CCCN(C(=O)Oc4c(C)cc(C)cc4C)C3)C(=O)O)cc2)cc1. The van der Waals surface area contributed by atoms with Gasteiger partial charge in [0.05, 0.1) is 13.0 Å². The highest BCUT2D eigenvalue weighted by Gasteiger charge is 2.32. The lowest BCUT2D eigenvalue weighted by Crippen LogP contribution is -2.50. The van der Waals surface area contributed by atoms with Gasteiger partial charge in [-0.15, -0.1) is 0 Å². The van der Waals surface area contributed by atoms with Crippen LogP contribution in [0.5, 0.6) is 11.5 Å². The van der Waals surface area contributed by atoms with Crippen LogP contribution in [0.25, 0.3) is 11.1 Å². The Labute approximate surface area is 234 Å². The molecule has 0 aromatic heterocycles. The average Bonchev–Trinajstić information content (AvgIpc) is 2.95. The van der Waals surface area contributed by atoms with Gasteiger partial charge in [-0.25, -0.2) is 9.59 Å². The van der Waals surface area contributed by atoms with E-state index in [9.17, 15) is 19.5 Å². The number of benzene rings is 3. The summed E-state index contributed by atoms with van der Waals surface area (Å²) in [5.41, 5.74) is 5.64. The van der Waals surface area contributed by atoms with Crippen molar-refractivity contribution in [1.29, 1.82) is 0 Å². The number of hydrogen-bond acceptors (Lipinski definition) is 5. The summed E-state index contributed by atoms with van der Waals surface area (Å²) in [5.74, 6) is -0.686. The number of carboxylic acid groups (broad SMARTS) is 1. The fraction of sp³-hybridized carbons (Fsp3) is 0.344. The number of nitrogens with one attached hydrogen (secondary N) is 1. The monoisotopic (exact) mass is 544 g/mol. The van der Waals surface area contributed by atoms with Gasteiger partial charge in [0, 0.05) is 19.5 Å². The zero-order valence-corrected chi connectivity index (χ0v) is 23.4. The van der Waals surface area contributed by atoms with Crippen LogP contribution in [0.15, 0.2) is 60.7 Å². The van der Waals surface area contributed by atoms with Gasteiger partial charge in [0.15, 0.2) is 0 Å². The molecule has 0 aliphatic carbocycles. The van der Waals surface area contributed by atoms with Crippen LogP contribution in [0.4, 0.5) is 4.79 Å². The van der Waals surface area contributed by atoms with E-state index in [1.165, 1.54) is 4.90 Å². The lowest BCUT2D eigenvalue weighted by atomic mass is 9.96. The number of amides is 2. The molecule has 3 aromatic rings. The topological polar surface area (TPSA) is 105 Å². The lowest BCUT2D eigenvalue weighted by molar-refractivity contribution is -0.142. The molecule has 1 aliphatic rings. The van der Waals surface area contributed by atoms with Crippen LogP contribution < -0.4 is 14.8 Å². The van der Waals surface area contributed by atoms with E-state index in [1.807, 2.05) is 81.4 Å². The zero-order valence-electron chi connectivity index (χ0n) is 23.4. The number of hydrogen-bond donors (Lipinski definition) is 2. The van der Waals surface area contributed by atoms with E-state index in [0.29, 0.717) is 25.1 Å². The maximum absolute atomic E-state index is 13.1. The molecule has 1 aliphatic heterocycles. The first kappa shape index (κ1) is 28.7. The first-order valence-electron chi connectivity index (χ1n) is 13.5. The van der Waals surface area contributed by atoms with Gasteiger partial charge in [-0.2, -0.15) is 0 Å². The van der Waals surface area contributed by atoms with Gasteiger partial charge < -0.3 is 24.8 Å². The van der Waals surface area contributed by atoms with E-state index >= 15 is 0 Å². The molecule has 0 radical (unpaired) electrons. The molecular weight excluding hydrogens is 508 g/mol. The molecule has 40 heavy (non-hydrogen) atoms. The van der Waals surface area contributed by atoms with E-state index in [4.69, 9.17) is 9.47 Å². The Balaban J connectivity index is 1.36. The molecule has 2 N–H and O–H groups in total.